The monoisotopic (exact) mass is 192 g/mol. The second kappa shape index (κ2) is 5.43. The zero-order valence-electron chi connectivity index (χ0n) is 8.69. The molecular weight excluding hydrogens is 176 g/mol. The Morgan fingerprint density at radius 1 is 1.43 bits per heavy atom. The van der Waals surface area contributed by atoms with Crippen molar-refractivity contribution in [1.82, 2.24) is 0 Å². The Balaban J connectivity index is 2.61. The average Bonchev–Trinajstić information content (AvgIpc) is 2.26. The minimum Gasteiger partial charge on any atom is -0.493 e. The molecule has 0 bridgehead atoms. The molecular formula is C12H16O2. The molecule has 0 aromatic heterocycles. The largest absolute Gasteiger partial charge is 0.493 e. The van der Waals surface area contributed by atoms with Crippen LogP contribution in [-0.4, -0.2) is 12.9 Å². The molecule has 0 amide bonds. The quantitative estimate of drug-likeness (QED) is 0.670. The van der Waals surface area contributed by atoms with Gasteiger partial charge in [0.25, 0.3) is 0 Å². The molecule has 0 N–H and O–H groups in total. The van der Waals surface area contributed by atoms with E-state index in [4.69, 9.17) is 4.74 Å². The molecule has 0 unspecified atom stereocenters. The Morgan fingerprint density at radius 3 is 2.79 bits per heavy atom. The van der Waals surface area contributed by atoms with Crippen LogP contribution in [0.3, 0.4) is 0 Å². The lowest BCUT2D eigenvalue weighted by Gasteiger charge is -2.11. The van der Waals surface area contributed by atoms with Gasteiger partial charge >= 0.3 is 0 Å². The Morgan fingerprint density at radius 2 is 2.14 bits per heavy atom. The standard InChI is InChI=1S/C12H16O2/c1-3-10(2)9-14-12-7-5-4-6-11(12)8-13/h4-8,10H,3,9H2,1-2H3/t10-/m0/s1. The highest BCUT2D eigenvalue weighted by Crippen LogP contribution is 2.16. The van der Waals surface area contributed by atoms with Crippen molar-refractivity contribution in [3.05, 3.63) is 29.8 Å². The van der Waals surface area contributed by atoms with Gasteiger partial charge in [-0.15, -0.1) is 0 Å². The summed E-state index contributed by atoms with van der Waals surface area (Å²) in [7, 11) is 0. The number of carbonyl (C=O) groups is 1. The van der Waals surface area contributed by atoms with Crippen molar-refractivity contribution in [2.75, 3.05) is 6.61 Å². The minimum atomic E-state index is 0.523. The van der Waals surface area contributed by atoms with Crippen LogP contribution in [-0.2, 0) is 0 Å². The van der Waals surface area contributed by atoms with Crippen LogP contribution < -0.4 is 4.74 Å². The maximum atomic E-state index is 10.7. The Hall–Kier alpha value is -1.31. The summed E-state index contributed by atoms with van der Waals surface area (Å²) >= 11 is 0. The lowest BCUT2D eigenvalue weighted by molar-refractivity contribution is 0.111. The molecule has 0 saturated heterocycles. The molecule has 0 aliphatic rings. The van der Waals surface area contributed by atoms with Gasteiger partial charge in [-0.3, -0.25) is 4.79 Å². The number of benzene rings is 1. The topological polar surface area (TPSA) is 26.3 Å². The average molecular weight is 192 g/mol. The highest BCUT2D eigenvalue weighted by molar-refractivity contribution is 5.79. The smallest absolute Gasteiger partial charge is 0.153 e. The second-order valence-electron chi connectivity index (χ2n) is 3.48. The Kier molecular flexibility index (Phi) is 4.17. The van der Waals surface area contributed by atoms with Crippen LogP contribution in [0.15, 0.2) is 24.3 Å². The highest BCUT2D eigenvalue weighted by atomic mass is 16.5. The highest BCUT2D eigenvalue weighted by Gasteiger charge is 2.03. The van der Waals surface area contributed by atoms with Crippen LogP contribution in [0, 0.1) is 5.92 Å². The normalized spacial score (nSPS) is 12.1. The summed E-state index contributed by atoms with van der Waals surface area (Å²) in [4.78, 5) is 10.7. The third-order valence-corrected chi connectivity index (χ3v) is 2.27. The number of carbonyl (C=O) groups excluding carboxylic acids is 1. The summed E-state index contributed by atoms with van der Waals surface area (Å²) in [5, 5.41) is 0. The predicted octanol–water partition coefficient (Wildman–Crippen LogP) is 2.92. The summed E-state index contributed by atoms with van der Waals surface area (Å²) < 4.78 is 5.55. The molecule has 0 radical (unpaired) electrons. The van der Waals surface area contributed by atoms with Crippen molar-refractivity contribution in [3.63, 3.8) is 0 Å². The van der Waals surface area contributed by atoms with Crippen molar-refractivity contribution >= 4 is 6.29 Å². The fourth-order valence-electron chi connectivity index (χ4n) is 1.06. The van der Waals surface area contributed by atoms with Crippen molar-refractivity contribution in [3.8, 4) is 5.75 Å². The van der Waals surface area contributed by atoms with E-state index in [1.807, 2.05) is 18.2 Å². The molecule has 76 valence electrons. The lowest BCUT2D eigenvalue weighted by Crippen LogP contribution is -2.08. The molecule has 0 heterocycles. The molecule has 14 heavy (non-hydrogen) atoms. The number of ether oxygens (including phenoxy) is 1. The van der Waals surface area contributed by atoms with Gasteiger partial charge in [0, 0.05) is 0 Å². The second-order valence-corrected chi connectivity index (χ2v) is 3.48. The van der Waals surface area contributed by atoms with Crippen LogP contribution >= 0.6 is 0 Å². The molecule has 1 rings (SSSR count). The van der Waals surface area contributed by atoms with Crippen LogP contribution in [0.2, 0.25) is 0 Å². The molecule has 0 fully saturated rings. The van der Waals surface area contributed by atoms with Gasteiger partial charge < -0.3 is 4.74 Å². The molecule has 0 aliphatic heterocycles. The number of aldehydes is 1. The summed E-state index contributed by atoms with van der Waals surface area (Å²) in [6, 6.07) is 7.30. The molecule has 1 atom stereocenters. The van der Waals surface area contributed by atoms with Crippen LogP contribution in [0.4, 0.5) is 0 Å². The van der Waals surface area contributed by atoms with E-state index < -0.39 is 0 Å². The van der Waals surface area contributed by atoms with Gasteiger partial charge in [0.2, 0.25) is 0 Å². The van der Waals surface area contributed by atoms with Crippen molar-refractivity contribution in [1.29, 1.82) is 0 Å². The fourth-order valence-corrected chi connectivity index (χ4v) is 1.06. The van der Waals surface area contributed by atoms with E-state index in [0.717, 1.165) is 12.7 Å². The molecule has 0 spiro atoms. The number of hydrogen-bond donors (Lipinski definition) is 0. The van der Waals surface area contributed by atoms with E-state index in [1.54, 1.807) is 6.07 Å². The van der Waals surface area contributed by atoms with Gasteiger partial charge in [0.1, 0.15) is 5.75 Å². The number of para-hydroxylation sites is 1. The van der Waals surface area contributed by atoms with E-state index in [2.05, 4.69) is 13.8 Å². The number of rotatable bonds is 5. The first-order chi connectivity index (χ1) is 6.77. The van der Waals surface area contributed by atoms with E-state index in [9.17, 15) is 4.79 Å². The summed E-state index contributed by atoms with van der Waals surface area (Å²) in [5.41, 5.74) is 0.621. The minimum absolute atomic E-state index is 0.523. The van der Waals surface area contributed by atoms with Gasteiger partial charge in [-0.25, -0.2) is 0 Å². The molecule has 0 aliphatic carbocycles. The zero-order valence-corrected chi connectivity index (χ0v) is 8.69. The van der Waals surface area contributed by atoms with E-state index in [0.29, 0.717) is 23.8 Å². The SMILES string of the molecule is CC[C@H](C)COc1ccccc1C=O. The first-order valence-corrected chi connectivity index (χ1v) is 4.95. The van der Waals surface area contributed by atoms with Crippen LogP contribution in [0.1, 0.15) is 30.6 Å². The van der Waals surface area contributed by atoms with Crippen LogP contribution in [0.5, 0.6) is 5.75 Å². The third kappa shape index (κ3) is 2.87. The molecule has 0 saturated carbocycles. The zero-order chi connectivity index (χ0) is 10.4. The molecule has 1 aromatic carbocycles. The van der Waals surface area contributed by atoms with Crippen LogP contribution in [0.25, 0.3) is 0 Å². The first-order valence-electron chi connectivity index (χ1n) is 4.95. The van der Waals surface area contributed by atoms with Gasteiger partial charge in [-0.05, 0) is 18.1 Å². The van der Waals surface area contributed by atoms with E-state index >= 15 is 0 Å². The third-order valence-electron chi connectivity index (χ3n) is 2.27. The fraction of sp³-hybridized carbons (Fsp3) is 0.417. The predicted molar refractivity (Wildman–Crippen MR) is 56.8 cm³/mol. The van der Waals surface area contributed by atoms with Gasteiger partial charge in [0.15, 0.2) is 6.29 Å². The van der Waals surface area contributed by atoms with Gasteiger partial charge in [-0.2, -0.15) is 0 Å². The summed E-state index contributed by atoms with van der Waals surface area (Å²) in [6.45, 7) is 4.92. The number of hydrogen-bond acceptors (Lipinski definition) is 2. The maximum Gasteiger partial charge on any atom is 0.153 e. The summed E-state index contributed by atoms with van der Waals surface area (Å²) in [6.07, 6.45) is 1.91. The molecule has 2 heteroatoms. The van der Waals surface area contributed by atoms with Crippen molar-refractivity contribution in [2.24, 2.45) is 5.92 Å². The maximum absolute atomic E-state index is 10.7. The van der Waals surface area contributed by atoms with Gasteiger partial charge in [0.05, 0.1) is 12.2 Å². The Bertz CT molecular complexity index is 294. The van der Waals surface area contributed by atoms with Crippen molar-refractivity contribution in [2.45, 2.75) is 20.3 Å². The Labute approximate surface area is 84.9 Å². The van der Waals surface area contributed by atoms with E-state index in [1.165, 1.54) is 0 Å². The lowest BCUT2D eigenvalue weighted by atomic mass is 10.1. The summed E-state index contributed by atoms with van der Waals surface area (Å²) in [5.74, 6) is 1.21. The molecule has 1 aromatic rings. The first kappa shape index (κ1) is 10.8. The van der Waals surface area contributed by atoms with E-state index in [-0.39, 0.29) is 0 Å². The molecule has 2 nitrogen and oxygen atoms in total. The van der Waals surface area contributed by atoms with Gasteiger partial charge in [-0.1, -0.05) is 32.4 Å². The van der Waals surface area contributed by atoms with Crippen molar-refractivity contribution < 1.29 is 9.53 Å².